The Labute approximate surface area is 142 Å². The fourth-order valence-corrected chi connectivity index (χ4v) is 2.77. The van der Waals surface area contributed by atoms with Gasteiger partial charge < -0.3 is 14.6 Å². The van der Waals surface area contributed by atoms with E-state index in [0.29, 0.717) is 33.7 Å². The molecule has 8 heteroatoms. The summed E-state index contributed by atoms with van der Waals surface area (Å²) in [5.74, 6) is 1.32. The summed E-state index contributed by atoms with van der Waals surface area (Å²) in [4.78, 5) is 35.3. The summed E-state index contributed by atoms with van der Waals surface area (Å²) in [6, 6.07) is 4.92. The summed E-state index contributed by atoms with van der Waals surface area (Å²) in [5.41, 5.74) is 0.598. The van der Waals surface area contributed by atoms with Crippen molar-refractivity contribution in [3.8, 4) is 23.8 Å². The largest absolute Gasteiger partial charge is 0.493 e. The van der Waals surface area contributed by atoms with Crippen LogP contribution in [0.25, 0.3) is 6.08 Å². The number of terminal acetylenes is 1. The van der Waals surface area contributed by atoms with Gasteiger partial charge in [0.05, 0.1) is 12.0 Å². The Kier molecular flexibility index (Phi) is 5.50. The van der Waals surface area contributed by atoms with E-state index in [1.807, 2.05) is 0 Å². The molecular formula is C16H13NO6S. The van der Waals surface area contributed by atoms with Crippen molar-refractivity contribution < 1.29 is 29.0 Å². The summed E-state index contributed by atoms with van der Waals surface area (Å²) in [6.07, 6.45) is 6.62. The Hall–Kier alpha value is -2.92. The van der Waals surface area contributed by atoms with E-state index < -0.39 is 23.7 Å². The molecule has 1 aliphatic rings. The predicted molar refractivity (Wildman–Crippen MR) is 87.6 cm³/mol. The van der Waals surface area contributed by atoms with Crippen LogP contribution in [0, 0.1) is 12.3 Å². The summed E-state index contributed by atoms with van der Waals surface area (Å²) in [5, 5.41) is 8.12. The molecule has 1 aromatic rings. The topological polar surface area (TPSA) is 93.1 Å². The van der Waals surface area contributed by atoms with E-state index in [-0.39, 0.29) is 11.5 Å². The number of imide groups is 1. The van der Waals surface area contributed by atoms with Crippen molar-refractivity contribution >= 4 is 35.0 Å². The van der Waals surface area contributed by atoms with Crippen LogP contribution in [0.5, 0.6) is 11.5 Å². The number of hydrogen-bond donors (Lipinski definition) is 1. The molecule has 124 valence electrons. The lowest BCUT2D eigenvalue weighted by Gasteiger charge is -2.09. The number of rotatable bonds is 6. The van der Waals surface area contributed by atoms with Gasteiger partial charge in [-0.3, -0.25) is 19.3 Å². The second-order valence-corrected chi connectivity index (χ2v) is 5.56. The van der Waals surface area contributed by atoms with Crippen LogP contribution in [0.4, 0.5) is 4.79 Å². The van der Waals surface area contributed by atoms with Crippen molar-refractivity contribution in [1.82, 2.24) is 4.90 Å². The Balaban J connectivity index is 2.25. The number of aliphatic carboxylic acids is 1. The number of carbonyl (C=O) groups excluding carboxylic acids is 2. The van der Waals surface area contributed by atoms with E-state index in [4.69, 9.17) is 21.0 Å². The third kappa shape index (κ3) is 3.88. The highest BCUT2D eigenvalue weighted by Gasteiger charge is 2.36. The lowest BCUT2D eigenvalue weighted by atomic mass is 10.2. The van der Waals surface area contributed by atoms with Crippen LogP contribution in [0.2, 0.25) is 0 Å². The molecule has 1 aliphatic heterocycles. The van der Waals surface area contributed by atoms with Gasteiger partial charge in [0.15, 0.2) is 11.5 Å². The molecule has 0 atom stereocenters. The monoisotopic (exact) mass is 347 g/mol. The average Bonchev–Trinajstić information content (AvgIpc) is 2.80. The molecule has 0 spiro atoms. The molecule has 1 saturated heterocycles. The van der Waals surface area contributed by atoms with Crippen LogP contribution in [0.1, 0.15) is 5.56 Å². The van der Waals surface area contributed by atoms with Gasteiger partial charge in [-0.2, -0.15) is 0 Å². The maximum absolute atomic E-state index is 12.1. The second kappa shape index (κ2) is 7.57. The van der Waals surface area contributed by atoms with Gasteiger partial charge >= 0.3 is 5.97 Å². The van der Waals surface area contributed by atoms with Crippen LogP contribution in [-0.2, 0) is 9.59 Å². The predicted octanol–water partition coefficient (Wildman–Crippen LogP) is 1.83. The van der Waals surface area contributed by atoms with Crippen LogP contribution >= 0.6 is 11.8 Å². The quantitative estimate of drug-likeness (QED) is 0.620. The van der Waals surface area contributed by atoms with Crippen molar-refractivity contribution in [2.24, 2.45) is 0 Å². The van der Waals surface area contributed by atoms with Gasteiger partial charge in [0.1, 0.15) is 13.2 Å². The first-order chi connectivity index (χ1) is 11.5. The highest BCUT2D eigenvalue weighted by molar-refractivity contribution is 8.18. The van der Waals surface area contributed by atoms with E-state index in [9.17, 15) is 14.4 Å². The van der Waals surface area contributed by atoms with Crippen LogP contribution in [0.3, 0.4) is 0 Å². The van der Waals surface area contributed by atoms with E-state index in [1.54, 1.807) is 18.2 Å². The lowest BCUT2D eigenvalue weighted by molar-refractivity contribution is -0.140. The summed E-state index contributed by atoms with van der Waals surface area (Å²) in [7, 11) is 1.46. The highest BCUT2D eigenvalue weighted by atomic mass is 32.2. The van der Waals surface area contributed by atoms with Crippen LogP contribution in [0.15, 0.2) is 23.1 Å². The third-order valence-electron chi connectivity index (χ3n) is 2.96. The number of hydrogen-bond acceptors (Lipinski definition) is 6. The molecule has 1 fully saturated rings. The number of carbonyl (C=O) groups is 3. The molecule has 0 radical (unpaired) electrons. The van der Waals surface area contributed by atoms with Gasteiger partial charge in [-0.05, 0) is 35.5 Å². The number of ether oxygens (including phenoxy) is 2. The molecule has 0 bridgehead atoms. The summed E-state index contributed by atoms with van der Waals surface area (Å²) in [6.45, 7) is -0.575. The molecule has 1 aromatic carbocycles. The number of amides is 2. The van der Waals surface area contributed by atoms with Crippen molar-refractivity contribution in [3.63, 3.8) is 0 Å². The Morgan fingerprint density at radius 1 is 1.42 bits per heavy atom. The van der Waals surface area contributed by atoms with E-state index in [2.05, 4.69) is 5.92 Å². The van der Waals surface area contributed by atoms with Crippen molar-refractivity contribution in [2.75, 3.05) is 20.3 Å². The Morgan fingerprint density at radius 3 is 2.79 bits per heavy atom. The summed E-state index contributed by atoms with van der Waals surface area (Å²) < 4.78 is 10.5. The Bertz CT molecular complexity index is 764. The van der Waals surface area contributed by atoms with E-state index in [0.717, 1.165) is 0 Å². The minimum atomic E-state index is -1.25. The average molecular weight is 347 g/mol. The molecule has 24 heavy (non-hydrogen) atoms. The van der Waals surface area contributed by atoms with Gasteiger partial charge in [-0.25, -0.2) is 0 Å². The zero-order valence-corrected chi connectivity index (χ0v) is 13.5. The molecule has 0 aromatic heterocycles. The number of thioether (sulfide) groups is 1. The fourth-order valence-electron chi connectivity index (χ4n) is 1.94. The maximum atomic E-state index is 12.1. The minimum Gasteiger partial charge on any atom is -0.493 e. The Morgan fingerprint density at radius 2 is 2.17 bits per heavy atom. The van der Waals surface area contributed by atoms with Crippen LogP contribution in [-0.4, -0.2) is 47.4 Å². The first-order valence-corrected chi connectivity index (χ1v) is 7.49. The third-order valence-corrected chi connectivity index (χ3v) is 3.87. The maximum Gasteiger partial charge on any atom is 0.323 e. The standard InChI is InChI=1S/C16H13NO6S/c1-3-6-23-11-5-4-10(7-12(11)22-2)8-13-15(20)17(9-14(18)19)16(21)24-13/h1,4-5,7-8H,6,9H2,2H3,(H,18,19). The number of carboxylic acids is 1. The highest BCUT2D eigenvalue weighted by Crippen LogP contribution is 2.34. The van der Waals surface area contributed by atoms with E-state index >= 15 is 0 Å². The number of benzene rings is 1. The smallest absolute Gasteiger partial charge is 0.323 e. The summed E-state index contributed by atoms with van der Waals surface area (Å²) >= 11 is 0.687. The molecule has 2 rings (SSSR count). The SMILES string of the molecule is C#CCOc1ccc(C=C2SC(=O)N(CC(=O)O)C2=O)cc1OC. The first kappa shape index (κ1) is 17.4. The molecular weight excluding hydrogens is 334 g/mol. The number of carboxylic acid groups (broad SMARTS) is 1. The van der Waals surface area contributed by atoms with Gasteiger partial charge in [0.25, 0.3) is 11.1 Å². The molecule has 2 amide bonds. The van der Waals surface area contributed by atoms with Gasteiger partial charge in [-0.15, -0.1) is 6.42 Å². The molecule has 0 unspecified atom stereocenters. The second-order valence-electron chi connectivity index (χ2n) is 4.56. The van der Waals surface area contributed by atoms with Gasteiger partial charge in [0, 0.05) is 0 Å². The van der Waals surface area contributed by atoms with Crippen molar-refractivity contribution in [1.29, 1.82) is 0 Å². The van der Waals surface area contributed by atoms with Crippen LogP contribution < -0.4 is 9.47 Å². The van der Waals surface area contributed by atoms with Gasteiger partial charge in [-0.1, -0.05) is 12.0 Å². The molecule has 0 saturated carbocycles. The molecule has 0 aliphatic carbocycles. The van der Waals surface area contributed by atoms with Crippen molar-refractivity contribution in [2.45, 2.75) is 0 Å². The number of nitrogens with zero attached hydrogens (tertiary/aromatic N) is 1. The zero-order valence-electron chi connectivity index (χ0n) is 12.6. The minimum absolute atomic E-state index is 0.0871. The number of methoxy groups -OCH3 is 1. The van der Waals surface area contributed by atoms with Crippen molar-refractivity contribution in [3.05, 3.63) is 28.7 Å². The molecule has 7 nitrogen and oxygen atoms in total. The van der Waals surface area contributed by atoms with Gasteiger partial charge in [0.2, 0.25) is 0 Å². The normalized spacial score (nSPS) is 15.5. The first-order valence-electron chi connectivity index (χ1n) is 6.67. The van der Waals surface area contributed by atoms with E-state index in [1.165, 1.54) is 13.2 Å². The zero-order chi connectivity index (χ0) is 17.7. The molecule has 1 heterocycles. The fraction of sp³-hybridized carbons (Fsp3) is 0.188. The lowest BCUT2D eigenvalue weighted by Crippen LogP contribution is -2.33. The molecule has 1 N–H and O–H groups in total.